The molecule has 0 radical (unpaired) electrons. The zero-order chi connectivity index (χ0) is 14.7. The number of aromatic nitrogens is 1. The van der Waals surface area contributed by atoms with E-state index in [4.69, 9.17) is 11.6 Å². The molecule has 1 aliphatic rings. The summed E-state index contributed by atoms with van der Waals surface area (Å²) >= 11 is 5.89. The fourth-order valence-corrected chi connectivity index (χ4v) is 3.27. The molecular weight excluding hydrogens is 284 g/mol. The number of carbonyl (C=O) groups excluding carboxylic acids is 1. The molecular formula is C17H19ClN2O. The molecule has 1 amide bonds. The lowest BCUT2D eigenvalue weighted by molar-refractivity contribution is 0.0689. The summed E-state index contributed by atoms with van der Waals surface area (Å²) in [5.41, 5.74) is 1.38. The minimum Gasteiger partial charge on any atom is -0.333 e. The number of fused-ring (bicyclic) bond motifs is 1. The molecule has 0 N–H and O–H groups in total. The number of rotatable bonds is 4. The highest BCUT2D eigenvalue weighted by Crippen LogP contribution is 2.25. The van der Waals surface area contributed by atoms with Gasteiger partial charge < -0.3 is 4.90 Å². The van der Waals surface area contributed by atoms with Gasteiger partial charge in [0.2, 0.25) is 0 Å². The summed E-state index contributed by atoms with van der Waals surface area (Å²) in [6.07, 6.45) is 4.55. The average molecular weight is 303 g/mol. The molecule has 1 aromatic heterocycles. The highest BCUT2D eigenvalue weighted by atomic mass is 35.5. The molecule has 1 aromatic carbocycles. The van der Waals surface area contributed by atoms with Gasteiger partial charge in [-0.25, -0.2) is 4.98 Å². The van der Waals surface area contributed by atoms with Crippen molar-refractivity contribution in [1.82, 2.24) is 9.88 Å². The maximum Gasteiger partial charge on any atom is 0.272 e. The van der Waals surface area contributed by atoms with Gasteiger partial charge >= 0.3 is 0 Å². The average Bonchev–Trinajstić information content (AvgIpc) is 3.05. The van der Waals surface area contributed by atoms with Crippen LogP contribution in [-0.4, -0.2) is 34.3 Å². The van der Waals surface area contributed by atoms with E-state index in [-0.39, 0.29) is 5.91 Å². The van der Waals surface area contributed by atoms with Gasteiger partial charge in [-0.1, -0.05) is 37.1 Å². The van der Waals surface area contributed by atoms with E-state index < -0.39 is 0 Å². The van der Waals surface area contributed by atoms with Gasteiger partial charge in [0.1, 0.15) is 5.69 Å². The Kier molecular flexibility index (Phi) is 4.39. The van der Waals surface area contributed by atoms with Gasteiger partial charge in [-0.3, -0.25) is 4.79 Å². The van der Waals surface area contributed by atoms with Crippen LogP contribution in [0.1, 0.15) is 36.2 Å². The minimum absolute atomic E-state index is 0.00769. The second-order valence-corrected chi connectivity index (χ2v) is 5.89. The van der Waals surface area contributed by atoms with E-state index >= 15 is 0 Å². The van der Waals surface area contributed by atoms with Crippen LogP contribution in [0.2, 0.25) is 0 Å². The fraction of sp³-hybridized carbons (Fsp3) is 0.412. The molecule has 0 spiro atoms. The summed E-state index contributed by atoms with van der Waals surface area (Å²) in [4.78, 5) is 19.2. The molecule has 110 valence electrons. The molecule has 1 heterocycles. The Morgan fingerprint density at radius 3 is 2.71 bits per heavy atom. The van der Waals surface area contributed by atoms with Crippen LogP contribution in [0.15, 0.2) is 36.4 Å². The predicted molar refractivity (Wildman–Crippen MR) is 85.8 cm³/mol. The van der Waals surface area contributed by atoms with E-state index in [1.165, 1.54) is 12.8 Å². The molecule has 1 fully saturated rings. The van der Waals surface area contributed by atoms with E-state index in [1.54, 1.807) is 0 Å². The number of amides is 1. The summed E-state index contributed by atoms with van der Waals surface area (Å²) in [6.45, 7) is 0.597. The third-order valence-electron chi connectivity index (χ3n) is 4.17. The van der Waals surface area contributed by atoms with Crippen LogP contribution in [0.4, 0.5) is 0 Å². The van der Waals surface area contributed by atoms with Gasteiger partial charge in [-0.05, 0) is 25.0 Å². The van der Waals surface area contributed by atoms with Crippen molar-refractivity contribution < 1.29 is 4.79 Å². The smallest absolute Gasteiger partial charge is 0.272 e. The molecule has 3 nitrogen and oxygen atoms in total. The lowest BCUT2D eigenvalue weighted by Gasteiger charge is -2.28. The number of nitrogens with zero attached hydrogens (tertiary/aromatic N) is 2. The topological polar surface area (TPSA) is 33.2 Å². The highest BCUT2D eigenvalue weighted by molar-refractivity contribution is 6.18. The van der Waals surface area contributed by atoms with Crippen LogP contribution in [0.25, 0.3) is 10.9 Å². The van der Waals surface area contributed by atoms with E-state index in [1.807, 2.05) is 41.3 Å². The molecule has 0 aliphatic heterocycles. The molecule has 0 unspecified atom stereocenters. The Labute approximate surface area is 129 Å². The van der Waals surface area contributed by atoms with Crippen LogP contribution >= 0.6 is 11.6 Å². The maximum atomic E-state index is 12.8. The first kappa shape index (κ1) is 14.3. The van der Waals surface area contributed by atoms with Crippen molar-refractivity contribution in [3.63, 3.8) is 0 Å². The number of carbonyl (C=O) groups is 1. The second kappa shape index (κ2) is 6.44. The third kappa shape index (κ3) is 3.03. The van der Waals surface area contributed by atoms with Crippen molar-refractivity contribution in [2.45, 2.75) is 31.7 Å². The lowest BCUT2D eigenvalue weighted by Crippen LogP contribution is -2.40. The number of hydrogen-bond donors (Lipinski definition) is 0. The van der Waals surface area contributed by atoms with Crippen molar-refractivity contribution in [3.8, 4) is 0 Å². The molecule has 0 saturated heterocycles. The largest absolute Gasteiger partial charge is 0.333 e. The van der Waals surface area contributed by atoms with Crippen LogP contribution in [0.3, 0.4) is 0 Å². The second-order valence-electron chi connectivity index (χ2n) is 5.52. The Hall–Kier alpha value is -1.61. The SMILES string of the molecule is O=C(c1ccc2ccccc2n1)N(CCCl)C1CCCC1. The van der Waals surface area contributed by atoms with Gasteiger partial charge in [0.15, 0.2) is 0 Å². The zero-order valence-corrected chi connectivity index (χ0v) is 12.7. The van der Waals surface area contributed by atoms with Crippen LogP contribution in [-0.2, 0) is 0 Å². The van der Waals surface area contributed by atoms with Crippen LogP contribution in [0, 0.1) is 0 Å². The summed E-state index contributed by atoms with van der Waals surface area (Å²) in [6, 6.07) is 12.0. The number of pyridine rings is 1. The van der Waals surface area contributed by atoms with E-state index in [0.717, 1.165) is 23.7 Å². The first-order valence-electron chi connectivity index (χ1n) is 7.52. The monoisotopic (exact) mass is 302 g/mol. The molecule has 1 aliphatic carbocycles. The number of benzene rings is 1. The molecule has 2 aromatic rings. The predicted octanol–water partition coefficient (Wildman–Crippen LogP) is 3.86. The third-order valence-corrected chi connectivity index (χ3v) is 4.34. The quantitative estimate of drug-likeness (QED) is 0.804. The van der Waals surface area contributed by atoms with Crippen LogP contribution < -0.4 is 0 Å². The van der Waals surface area contributed by atoms with Crippen molar-refractivity contribution in [3.05, 3.63) is 42.1 Å². The maximum absolute atomic E-state index is 12.8. The minimum atomic E-state index is 0.00769. The first-order valence-corrected chi connectivity index (χ1v) is 8.06. The van der Waals surface area contributed by atoms with Crippen molar-refractivity contribution in [2.75, 3.05) is 12.4 Å². The number of para-hydroxylation sites is 1. The van der Waals surface area contributed by atoms with Gasteiger partial charge in [-0.15, -0.1) is 11.6 Å². The molecule has 0 bridgehead atoms. The van der Waals surface area contributed by atoms with E-state index in [9.17, 15) is 4.79 Å². The first-order chi connectivity index (χ1) is 10.3. The Morgan fingerprint density at radius 2 is 1.95 bits per heavy atom. The summed E-state index contributed by atoms with van der Waals surface area (Å²) in [5, 5.41) is 1.05. The normalized spacial score (nSPS) is 15.5. The lowest BCUT2D eigenvalue weighted by atomic mass is 10.1. The fourth-order valence-electron chi connectivity index (χ4n) is 3.09. The van der Waals surface area contributed by atoms with Gasteiger partial charge in [-0.2, -0.15) is 0 Å². The van der Waals surface area contributed by atoms with E-state index in [0.29, 0.717) is 24.2 Å². The Morgan fingerprint density at radius 1 is 1.19 bits per heavy atom. The van der Waals surface area contributed by atoms with Gasteiger partial charge in [0, 0.05) is 23.9 Å². The van der Waals surface area contributed by atoms with Crippen molar-refractivity contribution in [2.24, 2.45) is 0 Å². The Balaban J connectivity index is 1.89. The van der Waals surface area contributed by atoms with Gasteiger partial charge in [0.05, 0.1) is 5.52 Å². The molecule has 1 saturated carbocycles. The van der Waals surface area contributed by atoms with Gasteiger partial charge in [0.25, 0.3) is 5.91 Å². The number of hydrogen-bond acceptors (Lipinski definition) is 2. The van der Waals surface area contributed by atoms with Crippen LogP contribution in [0.5, 0.6) is 0 Å². The molecule has 21 heavy (non-hydrogen) atoms. The number of halogens is 1. The summed E-state index contributed by atoms with van der Waals surface area (Å²) in [7, 11) is 0. The van der Waals surface area contributed by atoms with E-state index in [2.05, 4.69) is 4.98 Å². The molecule has 4 heteroatoms. The standard InChI is InChI=1S/C17H19ClN2O/c18-11-12-20(14-6-2-3-7-14)17(21)16-10-9-13-5-1-4-8-15(13)19-16/h1,4-5,8-10,14H,2-3,6-7,11-12H2. The van der Waals surface area contributed by atoms with Crippen molar-refractivity contribution >= 4 is 28.4 Å². The number of alkyl halides is 1. The summed E-state index contributed by atoms with van der Waals surface area (Å²) in [5.74, 6) is 0.476. The van der Waals surface area contributed by atoms with Crippen molar-refractivity contribution in [1.29, 1.82) is 0 Å². The molecule has 3 rings (SSSR count). The zero-order valence-electron chi connectivity index (χ0n) is 12.0. The highest BCUT2D eigenvalue weighted by Gasteiger charge is 2.27. The molecule has 0 atom stereocenters. The Bertz CT molecular complexity index is 637. The summed E-state index contributed by atoms with van der Waals surface area (Å²) < 4.78 is 0.